The van der Waals surface area contributed by atoms with Gasteiger partial charge in [-0.1, -0.05) is 49.9 Å². The molecule has 0 fully saturated rings. The zero-order valence-corrected chi connectivity index (χ0v) is 16.8. The molecule has 0 saturated heterocycles. The van der Waals surface area contributed by atoms with Crippen LogP contribution >= 0.6 is 11.8 Å². The third-order valence-electron chi connectivity index (χ3n) is 4.35. The molecule has 8 heteroatoms. The third kappa shape index (κ3) is 4.89. The second-order valence-corrected chi connectivity index (χ2v) is 7.62. The quantitative estimate of drug-likeness (QED) is 0.310. The Bertz CT molecular complexity index is 937. The van der Waals surface area contributed by atoms with E-state index in [4.69, 9.17) is 4.74 Å². The summed E-state index contributed by atoms with van der Waals surface area (Å²) in [6, 6.07) is 14.6. The summed E-state index contributed by atoms with van der Waals surface area (Å²) in [5.41, 5.74) is 2.35. The minimum absolute atomic E-state index is 0.0910. The number of nitro benzene ring substituents is 1. The largest absolute Gasteiger partial charge is 0.486 e. The van der Waals surface area contributed by atoms with Gasteiger partial charge >= 0.3 is 0 Å². The second-order valence-electron chi connectivity index (χ2n) is 6.68. The maximum atomic E-state index is 10.7. The lowest BCUT2D eigenvalue weighted by Gasteiger charge is -2.09. The summed E-state index contributed by atoms with van der Waals surface area (Å²) in [6.45, 7) is 4.65. The van der Waals surface area contributed by atoms with E-state index >= 15 is 0 Å². The zero-order chi connectivity index (χ0) is 20.1. The maximum Gasteiger partial charge on any atom is 0.269 e. The van der Waals surface area contributed by atoms with E-state index in [9.17, 15) is 10.1 Å². The van der Waals surface area contributed by atoms with Crippen LogP contribution in [0.15, 0.2) is 53.7 Å². The summed E-state index contributed by atoms with van der Waals surface area (Å²) in [5.74, 6) is 2.68. The first-order chi connectivity index (χ1) is 13.4. The van der Waals surface area contributed by atoms with Gasteiger partial charge in [-0.3, -0.25) is 10.1 Å². The van der Waals surface area contributed by atoms with Crippen LogP contribution < -0.4 is 4.74 Å². The highest BCUT2D eigenvalue weighted by Gasteiger charge is 2.11. The Balaban J connectivity index is 1.56. The molecule has 0 spiro atoms. The number of nitrogens with zero attached hydrogens (tertiary/aromatic N) is 4. The normalized spacial score (nSPS) is 11.0. The smallest absolute Gasteiger partial charge is 0.269 e. The number of ether oxygens (including phenoxy) is 1. The van der Waals surface area contributed by atoms with E-state index in [0.29, 0.717) is 18.3 Å². The fraction of sp³-hybridized carbons (Fsp3) is 0.300. The summed E-state index contributed by atoms with van der Waals surface area (Å²) in [5, 5.41) is 19.9. The number of nitro groups is 1. The summed E-state index contributed by atoms with van der Waals surface area (Å²) < 4.78 is 7.72. The standard InChI is InChI=1S/C20H22N4O3S/c1-14(2)16-6-10-18(11-7-16)27-12-19-21-22-20(23(19)3)28-13-15-4-8-17(9-5-15)24(25)26/h4-11,14H,12-13H2,1-3H3. The van der Waals surface area contributed by atoms with Crippen molar-refractivity contribution in [1.82, 2.24) is 14.8 Å². The molecule has 0 aliphatic carbocycles. The molecule has 0 N–H and O–H groups in total. The van der Waals surface area contributed by atoms with E-state index in [1.54, 1.807) is 12.1 Å². The van der Waals surface area contributed by atoms with Crippen molar-refractivity contribution < 1.29 is 9.66 Å². The number of rotatable bonds is 8. The molecule has 28 heavy (non-hydrogen) atoms. The van der Waals surface area contributed by atoms with Crippen LogP contribution in [0, 0.1) is 10.1 Å². The third-order valence-corrected chi connectivity index (χ3v) is 5.45. The van der Waals surface area contributed by atoms with Crippen LogP contribution in [0.5, 0.6) is 5.75 Å². The second kappa shape index (κ2) is 8.88. The van der Waals surface area contributed by atoms with Gasteiger partial charge in [0.05, 0.1) is 4.92 Å². The van der Waals surface area contributed by atoms with Crippen molar-refractivity contribution in [2.24, 2.45) is 7.05 Å². The topological polar surface area (TPSA) is 83.1 Å². The number of benzene rings is 2. The maximum absolute atomic E-state index is 10.7. The van der Waals surface area contributed by atoms with E-state index in [1.165, 1.54) is 29.5 Å². The van der Waals surface area contributed by atoms with Gasteiger partial charge in [0.15, 0.2) is 11.0 Å². The number of non-ortho nitro benzene ring substituents is 1. The lowest BCUT2D eigenvalue weighted by molar-refractivity contribution is -0.384. The first-order valence-corrected chi connectivity index (χ1v) is 9.89. The van der Waals surface area contributed by atoms with Gasteiger partial charge in [-0.2, -0.15) is 0 Å². The van der Waals surface area contributed by atoms with Crippen LogP contribution in [-0.2, 0) is 19.4 Å². The summed E-state index contributed by atoms with van der Waals surface area (Å²) in [4.78, 5) is 10.3. The van der Waals surface area contributed by atoms with Gasteiger partial charge in [0.2, 0.25) is 0 Å². The highest BCUT2D eigenvalue weighted by molar-refractivity contribution is 7.98. The Morgan fingerprint density at radius 3 is 2.39 bits per heavy atom. The number of thioether (sulfide) groups is 1. The molecule has 1 heterocycles. The zero-order valence-electron chi connectivity index (χ0n) is 16.0. The molecule has 0 aliphatic heterocycles. The first-order valence-electron chi connectivity index (χ1n) is 8.91. The van der Waals surface area contributed by atoms with Gasteiger partial charge in [0, 0.05) is 24.9 Å². The minimum Gasteiger partial charge on any atom is -0.486 e. The van der Waals surface area contributed by atoms with Crippen LogP contribution in [0.3, 0.4) is 0 Å². The van der Waals surface area contributed by atoms with Gasteiger partial charge in [0.1, 0.15) is 12.4 Å². The molecule has 0 aliphatic rings. The molecule has 146 valence electrons. The molecule has 0 bridgehead atoms. The molecule has 2 aromatic carbocycles. The van der Waals surface area contributed by atoms with Gasteiger partial charge in [-0.15, -0.1) is 10.2 Å². The summed E-state index contributed by atoms with van der Waals surface area (Å²) in [6.07, 6.45) is 0. The van der Waals surface area contributed by atoms with Crippen LogP contribution in [0.2, 0.25) is 0 Å². The molecular weight excluding hydrogens is 376 g/mol. The van der Waals surface area contributed by atoms with Crippen molar-refractivity contribution in [3.63, 3.8) is 0 Å². The summed E-state index contributed by atoms with van der Waals surface area (Å²) in [7, 11) is 1.90. The lowest BCUT2D eigenvalue weighted by Crippen LogP contribution is -2.04. The van der Waals surface area contributed by atoms with Crippen LogP contribution in [-0.4, -0.2) is 19.7 Å². The van der Waals surface area contributed by atoms with Crippen molar-refractivity contribution in [2.75, 3.05) is 0 Å². The predicted octanol–water partition coefficient (Wildman–Crippen LogP) is 4.72. The average Bonchev–Trinajstić information content (AvgIpc) is 3.05. The van der Waals surface area contributed by atoms with Crippen LogP contribution in [0.25, 0.3) is 0 Å². The molecule has 0 unspecified atom stereocenters. The molecule has 7 nitrogen and oxygen atoms in total. The van der Waals surface area contributed by atoms with Crippen molar-refractivity contribution in [2.45, 2.75) is 37.3 Å². The molecule has 3 aromatic rings. The van der Waals surface area contributed by atoms with Crippen LogP contribution in [0.4, 0.5) is 5.69 Å². The van der Waals surface area contributed by atoms with Crippen molar-refractivity contribution in [1.29, 1.82) is 0 Å². The monoisotopic (exact) mass is 398 g/mol. The molecule has 0 amide bonds. The molecule has 0 atom stereocenters. The predicted molar refractivity (Wildman–Crippen MR) is 109 cm³/mol. The van der Waals surface area contributed by atoms with E-state index in [-0.39, 0.29) is 5.69 Å². The van der Waals surface area contributed by atoms with Gasteiger partial charge in [-0.25, -0.2) is 0 Å². The van der Waals surface area contributed by atoms with Crippen LogP contribution in [0.1, 0.15) is 36.7 Å². The van der Waals surface area contributed by atoms with E-state index in [0.717, 1.165) is 22.3 Å². The van der Waals surface area contributed by atoms with E-state index < -0.39 is 4.92 Å². The molecule has 3 rings (SSSR count). The van der Waals surface area contributed by atoms with Gasteiger partial charge < -0.3 is 9.30 Å². The van der Waals surface area contributed by atoms with Crippen molar-refractivity contribution in [3.8, 4) is 5.75 Å². The highest BCUT2D eigenvalue weighted by Crippen LogP contribution is 2.23. The molecular formula is C20H22N4O3S. The van der Waals surface area contributed by atoms with Gasteiger partial charge in [-0.05, 0) is 29.2 Å². The Kier molecular flexibility index (Phi) is 6.30. The van der Waals surface area contributed by atoms with E-state index in [1.807, 2.05) is 23.7 Å². The number of hydrogen-bond acceptors (Lipinski definition) is 6. The van der Waals surface area contributed by atoms with E-state index in [2.05, 4.69) is 36.2 Å². The minimum atomic E-state index is -0.401. The fourth-order valence-electron chi connectivity index (χ4n) is 2.56. The number of aromatic nitrogens is 3. The van der Waals surface area contributed by atoms with Gasteiger partial charge in [0.25, 0.3) is 5.69 Å². The Morgan fingerprint density at radius 2 is 1.79 bits per heavy atom. The average molecular weight is 398 g/mol. The number of hydrogen-bond donors (Lipinski definition) is 0. The Hall–Kier alpha value is -2.87. The van der Waals surface area contributed by atoms with Crippen molar-refractivity contribution in [3.05, 3.63) is 75.6 Å². The Morgan fingerprint density at radius 1 is 1.11 bits per heavy atom. The lowest BCUT2D eigenvalue weighted by atomic mass is 10.0. The first kappa shape index (κ1) is 19.9. The Labute approximate surface area is 167 Å². The molecule has 0 radical (unpaired) electrons. The van der Waals surface area contributed by atoms with Crippen molar-refractivity contribution >= 4 is 17.4 Å². The fourth-order valence-corrected chi connectivity index (χ4v) is 3.44. The molecule has 0 saturated carbocycles. The SMILES string of the molecule is CC(C)c1ccc(OCc2nnc(SCc3ccc([N+](=O)[O-])cc3)n2C)cc1. The summed E-state index contributed by atoms with van der Waals surface area (Å²) >= 11 is 1.53. The highest BCUT2D eigenvalue weighted by atomic mass is 32.2. The molecule has 1 aromatic heterocycles.